The van der Waals surface area contributed by atoms with Crippen molar-refractivity contribution in [2.75, 3.05) is 12.8 Å². The maximum absolute atomic E-state index is 12.7. The Kier molecular flexibility index (Phi) is 5.79. The minimum absolute atomic E-state index is 0.203. The zero-order valence-electron chi connectivity index (χ0n) is 12.9. The summed E-state index contributed by atoms with van der Waals surface area (Å²) in [4.78, 5) is 0. The van der Waals surface area contributed by atoms with Crippen molar-refractivity contribution in [3.05, 3.63) is 35.4 Å². The molecular weight excluding hydrogens is 266 g/mol. The monoisotopic (exact) mass is 293 g/mol. The molecule has 2 nitrogen and oxygen atoms in total. The van der Waals surface area contributed by atoms with E-state index in [2.05, 4.69) is 43.4 Å². The fraction of sp³-hybridized carbons (Fsp3) is 0.647. The highest BCUT2D eigenvalue weighted by Gasteiger charge is 2.26. The molecule has 1 aromatic carbocycles. The van der Waals surface area contributed by atoms with Crippen molar-refractivity contribution in [1.82, 2.24) is 5.32 Å². The van der Waals surface area contributed by atoms with E-state index in [0.29, 0.717) is 5.25 Å². The molecule has 20 heavy (non-hydrogen) atoms. The van der Waals surface area contributed by atoms with Gasteiger partial charge in [0.2, 0.25) is 0 Å². The number of hydrogen-bond donors (Lipinski definition) is 1. The van der Waals surface area contributed by atoms with Gasteiger partial charge >= 0.3 is 0 Å². The van der Waals surface area contributed by atoms with Crippen LogP contribution in [0.5, 0.6) is 0 Å². The molecule has 1 saturated carbocycles. The Morgan fingerprint density at radius 3 is 2.75 bits per heavy atom. The van der Waals surface area contributed by atoms with Gasteiger partial charge in [0.25, 0.3) is 0 Å². The second-order valence-corrected chi connectivity index (χ2v) is 7.90. The summed E-state index contributed by atoms with van der Waals surface area (Å²) in [6.45, 7) is 4.42. The lowest BCUT2D eigenvalue weighted by molar-refractivity contribution is 0.388. The molecule has 4 unspecified atom stereocenters. The summed E-state index contributed by atoms with van der Waals surface area (Å²) in [5, 5.41) is 3.75. The second kappa shape index (κ2) is 7.37. The van der Waals surface area contributed by atoms with Gasteiger partial charge in [-0.05, 0) is 43.9 Å². The van der Waals surface area contributed by atoms with E-state index in [1.165, 1.54) is 24.0 Å². The summed E-state index contributed by atoms with van der Waals surface area (Å²) in [7, 11) is 1.24. The minimum atomic E-state index is -0.728. The average Bonchev–Trinajstić information content (AvgIpc) is 2.45. The smallest absolute Gasteiger partial charge is 0.0437 e. The quantitative estimate of drug-likeness (QED) is 0.899. The number of rotatable bonds is 5. The van der Waals surface area contributed by atoms with Crippen LogP contribution in [0.25, 0.3) is 0 Å². The Balaban J connectivity index is 2.03. The molecule has 4 atom stereocenters. The molecule has 0 heterocycles. The molecule has 0 aliphatic heterocycles. The maximum Gasteiger partial charge on any atom is 0.0437 e. The highest BCUT2D eigenvalue weighted by molar-refractivity contribution is 7.85. The van der Waals surface area contributed by atoms with E-state index in [9.17, 15) is 4.21 Å². The minimum Gasteiger partial charge on any atom is -0.312 e. The van der Waals surface area contributed by atoms with Gasteiger partial charge in [-0.2, -0.15) is 0 Å². The molecule has 1 aliphatic carbocycles. The fourth-order valence-corrected chi connectivity index (χ4v) is 5.14. The van der Waals surface area contributed by atoms with Crippen LogP contribution in [0.1, 0.15) is 49.8 Å². The van der Waals surface area contributed by atoms with Crippen molar-refractivity contribution >= 4 is 10.8 Å². The highest BCUT2D eigenvalue weighted by atomic mass is 32.2. The predicted octanol–water partition coefficient (Wildman–Crippen LogP) is 3.58. The Labute approximate surface area is 125 Å². The van der Waals surface area contributed by atoms with E-state index in [-0.39, 0.29) is 6.04 Å². The van der Waals surface area contributed by atoms with Crippen molar-refractivity contribution in [2.24, 2.45) is 5.92 Å². The summed E-state index contributed by atoms with van der Waals surface area (Å²) in [5.41, 5.74) is 2.56. The molecule has 0 radical (unpaired) electrons. The second-order valence-electron chi connectivity index (χ2n) is 6.14. The largest absolute Gasteiger partial charge is 0.312 e. The van der Waals surface area contributed by atoms with E-state index in [1.807, 2.05) is 7.05 Å². The van der Waals surface area contributed by atoms with E-state index in [4.69, 9.17) is 0 Å². The van der Waals surface area contributed by atoms with Gasteiger partial charge in [0.1, 0.15) is 0 Å². The predicted molar refractivity (Wildman–Crippen MR) is 87.4 cm³/mol. The molecule has 0 bridgehead atoms. The highest BCUT2D eigenvalue weighted by Crippen LogP contribution is 2.29. The zero-order valence-corrected chi connectivity index (χ0v) is 13.7. The van der Waals surface area contributed by atoms with Crippen molar-refractivity contribution in [1.29, 1.82) is 0 Å². The zero-order chi connectivity index (χ0) is 14.5. The third-order valence-electron chi connectivity index (χ3n) is 4.50. The number of nitrogens with one attached hydrogen (secondary N) is 1. The average molecular weight is 293 g/mol. The lowest BCUT2D eigenvalue weighted by atomic mass is 9.91. The summed E-state index contributed by atoms with van der Waals surface area (Å²) in [6.07, 6.45) is 4.82. The summed E-state index contributed by atoms with van der Waals surface area (Å²) in [5.74, 6) is 1.47. The molecule has 112 valence electrons. The third-order valence-corrected chi connectivity index (χ3v) is 6.34. The molecule has 1 fully saturated rings. The van der Waals surface area contributed by atoms with Crippen LogP contribution < -0.4 is 5.32 Å². The molecule has 0 amide bonds. The summed E-state index contributed by atoms with van der Waals surface area (Å²) < 4.78 is 12.7. The van der Waals surface area contributed by atoms with Crippen LogP contribution in [-0.4, -0.2) is 22.3 Å². The number of hydrogen-bond acceptors (Lipinski definition) is 2. The first-order chi connectivity index (χ1) is 9.61. The van der Waals surface area contributed by atoms with E-state index in [1.54, 1.807) is 0 Å². The first-order valence-corrected chi connectivity index (χ1v) is 9.10. The number of aryl methyl sites for hydroxylation is 1. The van der Waals surface area contributed by atoms with Gasteiger partial charge in [-0.1, -0.05) is 44.0 Å². The van der Waals surface area contributed by atoms with Crippen molar-refractivity contribution in [3.63, 3.8) is 0 Å². The first-order valence-electron chi connectivity index (χ1n) is 7.71. The standard InChI is InChI=1S/C17H27NOS/c1-13-7-6-9-15(11-13)20(19)12-17(18-3)16-10-5-4-8-14(16)2/h4-5,8,10,13,15,17-18H,6-7,9,11-12H2,1-3H3. The van der Waals surface area contributed by atoms with E-state index in [0.717, 1.165) is 24.5 Å². The SMILES string of the molecule is CNC(CS(=O)C1CCCC(C)C1)c1ccccc1C. The molecule has 3 heteroatoms. The van der Waals surface area contributed by atoms with Gasteiger partial charge in [0, 0.05) is 27.8 Å². The fourth-order valence-electron chi connectivity index (χ4n) is 3.22. The Hall–Kier alpha value is -0.670. The molecular formula is C17H27NOS. The number of benzene rings is 1. The Morgan fingerprint density at radius 1 is 1.35 bits per heavy atom. The van der Waals surface area contributed by atoms with Crippen LogP contribution in [-0.2, 0) is 10.8 Å². The van der Waals surface area contributed by atoms with E-state index < -0.39 is 10.8 Å². The molecule has 2 rings (SSSR count). The molecule has 0 spiro atoms. The molecule has 1 aliphatic rings. The maximum atomic E-state index is 12.7. The normalized spacial score (nSPS) is 26.1. The summed E-state index contributed by atoms with van der Waals surface area (Å²) in [6, 6.07) is 8.61. The Bertz CT molecular complexity index is 460. The van der Waals surface area contributed by atoms with Gasteiger partial charge in [0.15, 0.2) is 0 Å². The van der Waals surface area contributed by atoms with Gasteiger partial charge in [-0.3, -0.25) is 4.21 Å². The van der Waals surface area contributed by atoms with Crippen LogP contribution in [0.15, 0.2) is 24.3 Å². The molecule has 1 N–H and O–H groups in total. The Morgan fingerprint density at radius 2 is 2.10 bits per heavy atom. The molecule has 1 aromatic rings. The van der Waals surface area contributed by atoms with Crippen LogP contribution in [0, 0.1) is 12.8 Å². The van der Waals surface area contributed by atoms with Crippen molar-refractivity contribution < 1.29 is 4.21 Å². The van der Waals surface area contributed by atoms with Crippen LogP contribution in [0.2, 0.25) is 0 Å². The topological polar surface area (TPSA) is 29.1 Å². The third kappa shape index (κ3) is 3.92. The van der Waals surface area contributed by atoms with Crippen LogP contribution in [0.4, 0.5) is 0 Å². The molecule has 0 saturated heterocycles. The van der Waals surface area contributed by atoms with Gasteiger partial charge < -0.3 is 5.32 Å². The van der Waals surface area contributed by atoms with Gasteiger partial charge in [0.05, 0.1) is 0 Å². The summed E-state index contributed by atoms with van der Waals surface area (Å²) >= 11 is 0. The van der Waals surface area contributed by atoms with Crippen LogP contribution >= 0.6 is 0 Å². The van der Waals surface area contributed by atoms with Crippen LogP contribution in [0.3, 0.4) is 0 Å². The lowest BCUT2D eigenvalue weighted by Gasteiger charge is -2.28. The molecule has 0 aromatic heterocycles. The first kappa shape index (κ1) is 15.7. The van der Waals surface area contributed by atoms with Crippen molar-refractivity contribution in [3.8, 4) is 0 Å². The lowest BCUT2D eigenvalue weighted by Crippen LogP contribution is -2.30. The van der Waals surface area contributed by atoms with Gasteiger partial charge in [-0.15, -0.1) is 0 Å². The van der Waals surface area contributed by atoms with Gasteiger partial charge in [-0.25, -0.2) is 0 Å². The van der Waals surface area contributed by atoms with E-state index >= 15 is 0 Å². The van der Waals surface area contributed by atoms with Crippen molar-refractivity contribution in [2.45, 2.75) is 50.8 Å².